The molecule has 0 spiro atoms. The Labute approximate surface area is 252 Å². The predicted octanol–water partition coefficient (Wildman–Crippen LogP) is 4.93. The summed E-state index contributed by atoms with van der Waals surface area (Å²) >= 11 is 0. The molecular weight excluding hydrogens is 547 g/mol. The molecule has 9 heteroatoms. The van der Waals surface area contributed by atoms with E-state index >= 15 is 0 Å². The van der Waals surface area contributed by atoms with Gasteiger partial charge in [-0.25, -0.2) is 4.39 Å². The van der Waals surface area contributed by atoms with E-state index in [1.54, 1.807) is 12.1 Å². The summed E-state index contributed by atoms with van der Waals surface area (Å²) in [5.41, 5.74) is 3.02. The Morgan fingerprint density at radius 2 is 1.72 bits per heavy atom. The number of benzene rings is 3. The summed E-state index contributed by atoms with van der Waals surface area (Å²) in [6.45, 7) is 4.71. The van der Waals surface area contributed by atoms with Gasteiger partial charge in [0.15, 0.2) is 0 Å². The third kappa shape index (κ3) is 8.86. The molecule has 2 fully saturated rings. The van der Waals surface area contributed by atoms with Gasteiger partial charge < -0.3 is 25.4 Å². The van der Waals surface area contributed by atoms with Crippen molar-refractivity contribution in [2.75, 3.05) is 39.4 Å². The lowest BCUT2D eigenvalue weighted by atomic mass is 9.86. The molecule has 8 nitrogen and oxygen atoms in total. The summed E-state index contributed by atoms with van der Waals surface area (Å²) < 4.78 is 25.5. The molecule has 2 aliphatic heterocycles. The van der Waals surface area contributed by atoms with Gasteiger partial charge in [-0.2, -0.15) is 0 Å². The van der Waals surface area contributed by atoms with E-state index in [-0.39, 0.29) is 36.8 Å². The van der Waals surface area contributed by atoms with E-state index in [4.69, 9.17) is 9.47 Å². The van der Waals surface area contributed by atoms with Crippen molar-refractivity contribution in [3.8, 4) is 11.5 Å². The molecule has 43 heavy (non-hydrogen) atoms. The molecule has 0 aromatic heterocycles. The van der Waals surface area contributed by atoms with Gasteiger partial charge in [-0.05, 0) is 66.4 Å². The third-order valence-electron chi connectivity index (χ3n) is 7.96. The molecule has 2 amide bonds. The molecule has 3 aromatic rings. The summed E-state index contributed by atoms with van der Waals surface area (Å²) in [5.74, 6) is 1.49. The predicted molar refractivity (Wildman–Crippen MR) is 164 cm³/mol. The van der Waals surface area contributed by atoms with Crippen molar-refractivity contribution < 1.29 is 23.5 Å². The second kappa shape index (κ2) is 15.6. The van der Waals surface area contributed by atoms with Crippen molar-refractivity contribution in [1.82, 2.24) is 15.5 Å². The van der Waals surface area contributed by atoms with E-state index in [1.165, 1.54) is 16.5 Å². The molecule has 0 saturated carbocycles. The first-order chi connectivity index (χ1) is 21.1. The lowest BCUT2D eigenvalue weighted by molar-refractivity contribution is -0.138. The first-order valence-corrected chi connectivity index (χ1v) is 15.2. The number of hydrogen-bond donors (Lipinski definition) is 2. The van der Waals surface area contributed by atoms with Gasteiger partial charge in [0, 0.05) is 37.9 Å². The number of carbonyl (C=O) groups excluding carboxylic acids is 2. The van der Waals surface area contributed by atoms with Gasteiger partial charge in [0.2, 0.25) is 11.8 Å². The van der Waals surface area contributed by atoms with E-state index in [0.29, 0.717) is 50.6 Å². The highest BCUT2D eigenvalue weighted by molar-refractivity contribution is 6.01. The van der Waals surface area contributed by atoms with E-state index in [1.807, 2.05) is 36.4 Å². The maximum absolute atomic E-state index is 13.7. The Balaban J connectivity index is 1.04. The summed E-state index contributed by atoms with van der Waals surface area (Å²) in [5, 5.41) is 11.7. The molecule has 2 atom stereocenters. The second-order valence-electron chi connectivity index (χ2n) is 11.0. The van der Waals surface area contributed by atoms with Gasteiger partial charge in [0.1, 0.15) is 23.9 Å². The summed E-state index contributed by atoms with van der Waals surface area (Å²) in [6.07, 6.45) is 2.41. The Bertz CT molecular complexity index is 1340. The molecule has 3 aromatic carbocycles. The van der Waals surface area contributed by atoms with Crippen LogP contribution in [-0.2, 0) is 22.7 Å². The fourth-order valence-corrected chi connectivity index (χ4v) is 5.60. The lowest BCUT2D eigenvalue weighted by Gasteiger charge is -2.33. The third-order valence-corrected chi connectivity index (χ3v) is 7.96. The van der Waals surface area contributed by atoms with E-state index in [2.05, 4.69) is 34.1 Å². The topological polar surface area (TPSA) is 94.0 Å². The Morgan fingerprint density at radius 1 is 0.930 bits per heavy atom. The largest absolute Gasteiger partial charge is 0.658 e. The Hall–Kier alpha value is -3.79. The number of piperidine rings is 1. The minimum Gasteiger partial charge on any atom is -0.658 e. The van der Waals surface area contributed by atoms with Crippen LogP contribution in [0.4, 0.5) is 4.39 Å². The molecule has 5 rings (SSSR count). The summed E-state index contributed by atoms with van der Waals surface area (Å²) in [7, 11) is 0. The number of rotatable bonds is 15. The molecule has 2 heterocycles. The second-order valence-corrected chi connectivity index (χ2v) is 11.0. The van der Waals surface area contributed by atoms with Crippen LogP contribution in [0.3, 0.4) is 0 Å². The molecule has 2 N–H and O–H groups in total. The Kier molecular flexibility index (Phi) is 11.1. The maximum Gasteiger partial charge on any atom is 0.229 e. The van der Waals surface area contributed by atoms with Crippen molar-refractivity contribution in [2.45, 2.75) is 50.7 Å². The molecular formula is C34H40FN4O4-. The monoisotopic (exact) mass is 587 g/mol. The highest BCUT2D eigenvalue weighted by Gasteiger charge is 2.28. The average Bonchev–Trinajstić information content (AvgIpc) is 3.35. The van der Waals surface area contributed by atoms with Gasteiger partial charge in [-0.3, -0.25) is 14.5 Å². The highest BCUT2D eigenvalue weighted by Crippen LogP contribution is 2.28. The number of amides is 2. The van der Waals surface area contributed by atoms with Gasteiger partial charge >= 0.3 is 0 Å². The van der Waals surface area contributed by atoms with Crippen molar-refractivity contribution in [3.05, 3.63) is 101 Å². The molecule has 0 unspecified atom stereocenters. The number of hydrogen-bond acceptors (Lipinski definition) is 6. The van der Waals surface area contributed by atoms with E-state index < -0.39 is 0 Å². The molecule has 2 saturated heterocycles. The van der Waals surface area contributed by atoms with Crippen LogP contribution in [0, 0.1) is 5.82 Å². The first kappa shape index (κ1) is 30.7. The lowest BCUT2D eigenvalue weighted by Crippen LogP contribution is -2.47. The fourth-order valence-electron chi connectivity index (χ4n) is 5.60. The van der Waals surface area contributed by atoms with Crippen molar-refractivity contribution in [2.24, 2.45) is 0 Å². The van der Waals surface area contributed by atoms with Crippen molar-refractivity contribution >= 4 is 11.8 Å². The minimum absolute atomic E-state index is 0.120. The van der Waals surface area contributed by atoms with Gasteiger partial charge in [-0.15, -0.1) is 13.1 Å². The van der Waals surface area contributed by atoms with E-state index in [9.17, 15) is 14.0 Å². The number of ether oxygens (including phenoxy) is 2. The fraction of sp³-hybridized carbons (Fsp3) is 0.412. The number of likely N-dealkylation sites (tertiary alicyclic amines) is 1. The minimum atomic E-state index is -0.211. The smallest absolute Gasteiger partial charge is 0.229 e. The van der Waals surface area contributed by atoms with E-state index in [0.717, 1.165) is 43.0 Å². The zero-order valence-corrected chi connectivity index (χ0v) is 24.5. The standard InChI is InChI=1S/C34H40FN4O4/c35-31-8-2-1-6-27(31)23-36-16-4-19-42-28-11-9-26(10-12-28)30-15-17-37-24-32(30)38-22-25-5-3-7-29(21-25)43-20-18-39-33(40)13-14-34(39)41/h1-3,5-12,21,30,32,37-38H,4,13-20,22-24H2/q-1/t30-,32-/m0/s1. The zero-order valence-electron chi connectivity index (χ0n) is 24.5. The summed E-state index contributed by atoms with van der Waals surface area (Å²) in [6, 6.07) is 23.3. The van der Waals surface area contributed by atoms with Crippen LogP contribution in [-0.4, -0.2) is 62.1 Å². The number of nitrogens with zero attached hydrogens (tertiary/aromatic N) is 2. The summed E-state index contributed by atoms with van der Waals surface area (Å²) in [4.78, 5) is 24.9. The van der Waals surface area contributed by atoms with Crippen LogP contribution in [0.1, 0.15) is 48.3 Å². The van der Waals surface area contributed by atoms with Crippen LogP contribution < -0.4 is 20.1 Å². The number of carbonyl (C=O) groups is 2. The molecule has 0 bridgehead atoms. The Morgan fingerprint density at radius 3 is 2.53 bits per heavy atom. The van der Waals surface area contributed by atoms with Crippen LogP contribution >= 0.6 is 0 Å². The van der Waals surface area contributed by atoms with Crippen LogP contribution in [0.2, 0.25) is 0 Å². The number of imide groups is 1. The molecule has 0 radical (unpaired) electrons. The van der Waals surface area contributed by atoms with Gasteiger partial charge in [0.05, 0.1) is 13.2 Å². The van der Waals surface area contributed by atoms with Gasteiger partial charge in [-0.1, -0.05) is 42.5 Å². The average molecular weight is 588 g/mol. The molecule has 2 aliphatic rings. The number of halogens is 1. The van der Waals surface area contributed by atoms with Crippen LogP contribution in [0.15, 0.2) is 72.8 Å². The molecule has 228 valence electrons. The highest BCUT2D eigenvalue weighted by atomic mass is 19.1. The first-order valence-electron chi connectivity index (χ1n) is 15.2. The van der Waals surface area contributed by atoms with Crippen LogP contribution in [0.5, 0.6) is 11.5 Å². The van der Waals surface area contributed by atoms with Crippen molar-refractivity contribution in [1.29, 1.82) is 0 Å². The normalized spacial score (nSPS) is 18.7. The molecule has 0 aliphatic carbocycles. The van der Waals surface area contributed by atoms with Gasteiger partial charge in [0.25, 0.3) is 0 Å². The SMILES string of the molecule is O=C1CCC(=O)N1CCOc1cccc(CN[C@H]2CNCC[C@H]2c2ccc(OCCC[N-]Cc3ccccc3F)cc2)c1. The van der Waals surface area contributed by atoms with Crippen molar-refractivity contribution in [3.63, 3.8) is 0 Å². The van der Waals surface area contributed by atoms with Crippen LogP contribution in [0.25, 0.3) is 5.32 Å². The number of nitrogens with one attached hydrogen (secondary N) is 2. The maximum atomic E-state index is 13.7. The zero-order chi connectivity index (χ0) is 29.9. The quantitative estimate of drug-likeness (QED) is 0.194.